The molecule has 1 unspecified atom stereocenters. The van der Waals surface area contributed by atoms with E-state index in [0.29, 0.717) is 6.54 Å². The number of carbonyl (C=O) groups is 1. The van der Waals surface area contributed by atoms with Crippen molar-refractivity contribution in [1.82, 2.24) is 9.62 Å². The number of piperazine rings is 1. The van der Waals surface area contributed by atoms with Crippen LogP contribution in [0.3, 0.4) is 0 Å². The standard InChI is InChI=1S/C6H12N2O4S/c1-5(9)6-4-7-2-3-8(6)13(10,11)12/h6-7H,2-4H2,1H3,(H,10,11,12). The first-order chi connectivity index (χ1) is 5.93. The van der Waals surface area contributed by atoms with Crippen molar-refractivity contribution in [3.05, 3.63) is 0 Å². The molecule has 0 aromatic heterocycles. The van der Waals surface area contributed by atoms with E-state index in [0.717, 1.165) is 4.31 Å². The van der Waals surface area contributed by atoms with Crippen molar-refractivity contribution in [2.75, 3.05) is 19.6 Å². The van der Waals surface area contributed by atoms with E-state index in [2.05, 4.69) is 5.32 Å². The van der Waals surface area contributed by atoms with Gasteiger partial charge in [0.2, 0.25) is 0 Å². The average Bonchev–Trinajstić information content (AvgIpc) is 2.03. The molecule has 1 aliphatic rings. The Kier molecular flexibility index (Phi) is 3.01. The van der Waals surface area contributed by atoms with Crippen molar-refractivity contribution in [2.24, 2.45) is 0 Å². The number of hydrogen-bond donors (Lipinski definition) is 2. The monoisotopic (exact) mass is 208 g/mol. The fraction of sp³-hybridized carbons (Fsp3) is 0.833. The number of carbonyl (C=O) groups excluding carboxylic acids is 1. The van der Waals surface area contributed by atoms with Gasteiger partial charge < -0.3 is 5.32 Å². The molecule has 0 aromatic rings. The summed E-state index contributed by atoms with van der Waals surface area (Å²) in [4.78, 5) is 11.0. The third kappa shape index (κ3) is 2.47. The van der Waals surface area contributed by atoms with Crippen molar-refractivity contribution in [3.8, 4) is 0 Å². The van der Waals surface area contributed by atoms with Crippen LogP contribution in [-0.4, -0.2) is 48.7 Å². The zero-order valence-electron chi connectivity index (χ0n) is 7.23. The highest BCUT2D eigenvalue weighted by Crippen LogP contribution is 2.08. The maximum absolute atomic E-state index is 11.0. The molecule has 0 bridgehead atoms. The Labute approximate surface area is 76.8 Å². The number of rotatable bonds is 2. The molecule has 6 nitrogen and oxygen atoms in total. The summed E-state index contributed by atoms with van der Waals surface area (Å²) in [6.45, 7) is 2.14. The van der Waals surface area contributed by atoms with Gasteiger partial charge in [-0.05, 0) is 6.92 Å². The zero-order valence-corrected chi connectivity index (χ0v) is 8.04. The predicted molar refractivity (Wildman–Crippen MR) is 45.6 cm³/mol. The molecule has 0 amide bonds. The van der Waals surface area contributed by atoms with Gasteiger partial charge in [-0.2, -0.15) is 12.7 Å². The first-order valence-electron chi connectivity index (χ1n) is 3.88. The Morgan fingerprint density at radius 3 is 2.62 bits per heavy atom. The van der Waals surface area contributed by atoms with Crippen LogP contribution in [0.4, 0.5) is 0 Å². The lowest BCUT2D eigenvalue weighted by Gasteiger charge is -2.31. The summed E-state index contributed by atoms with van der Waals surface area (Å²) in [7, 11) is -4.25. The van der Waals surface area contributed by atoms with E-state index in [9.17, 15) is 13.2 Å². The lowest BCUT2D eigenvalue weighted by atomic mass is 10.2. The van der Waals surface area contributed by atoms with Crippen molar-refractivity contribution in [2.45, 2.75) is 13.0 Å². The summed E-state index contributed by atoms with van der Waals surface area (Å²) in [6, 6.07) is -0.774. The van der Waals surface area contributed by atoms with Gasteiger partial charge >= 0.3 is 10.3 Å². The number of Topliss-reactive ketones (excluding diaryl/α,β-unsaturated/α-hetero) is 1. The van der Waals surface area contributed by atoms with Crippen LogP contribution in [0.2, 0.25) is 0 Å². The largest absolute Gasteiger partial charge is 0.336 e. The molecule has 1 aliphatic heterocycles. The highest BCUT2D eigenvalue weighted by atomic mass is 32.2. The maximum atomic E-state index is 11.0. The average molecular weight is 208 g/mol. The lowest BCUT2D eigenvalue weighted by Crippen LogP contribution is -2.56. The van der Waals surface area contributed by atoms with Crippen LogP contribution in [0.15, 0.2) is 0 Å². The van der Waals surface area contributed by atoms with Crippen molar-refractivity contribution >= 4 is 16.1 Å². The van der Waals surface area contributed by atoms with Crippen molar-refractivity contribution in [1.29, 1.82) is 0 Å². The Morgan fingerprint density at radius 1 is 1.62 bits per heavy atom. The molecule has 0 radical (unpaired) electrons. The number of hydrogen-bond acceptors (Lipinski definition) is 4. The van der Waals surface area contributed by atoms with E-state index < -0.39 is 16.3 Å². The number of nitrogens with one attached hydrogen (secondary N) is 1. The summed E-state index contributed by atoms with van der Waals surface area (Å²) >= 11 is 0. The van der Waals surface area contributed by atoms with Gasteiger partial charge in [0.25, 0.3) is 0 Å². The van der Waals surface area contributed by atoms with Gasteiger partial charge in [-0.15, -0.1) is 0 Å². The van der Waals surface area contributed by atoms with Gasteiger partial charge in [0.05, 0.1) is 6.04 Å². The summed E-state index contributed by atoms with van der Waals surface area (Å²) in [5, 5.41) is 2.88. The summed E-state index contributed by atoms with van der Waals surface area (Å²) < 4.78 is 31.2. The van der Waals surface area contributed by atoms with Crippen LogP contribution in [-0.2, 0) is 15.1 Å². The van der Waals surface area contributed by atoms with Gasteiger partial charge in [-0.25, -0.2) is 0 Å². The molecule has 1 heterocycles. The normalized spacial score (nSPS) is 25.8. The molecule has 1 fully saturated rings. The zero-order chi connectivity index (χ0) is 10.1. The Hall–Kier alpha value is -0.500. The second-order valence-electron chi connectivity index (χ2n) is 2.92. The molecule has 7 heteroatoms. The molecule has 76 valence electrons. The van der Waals surface area contributed by atoms with Crippen LogP contribution >= 0.6 is 0 Å². The molecule has 13 heavy (non-hydrogen) atoms. The molecule has 0 spiro atoms. The fourth-order valence-corrected chi connectivity index (χ4v) is 2.17. The molecule has 1 atom stereocenters. The van der Waals surface area contributed by atoms with Crippen molar-refractivity contribution in [3.63, 3.8) is 0 Å². The van der Waals surface area contributed by atoms with Gasteiger partial charge in [-0.1, -0.05) is 0 Å². The second kappa shape index (κ2) is 3.70. The lowest BCUT2D eigenvalue weighted by molar-refractivity contribution is -0.121. The smallest absolute Gasteiger partial charge is 0.313 e. The van der Waals surface area contributed by atoms with Gasteiger partial charge in [0, 0.05) is 19.6 Å². The minimum Gasteiger partial charge on any atom is -0.313 e. The second-order valence-corrected chi connectivity index (χ2v) is 4.28. The summed E-state index contributed by atoms with van der Waals surface area (Å²) in [5.41, 5.74) is 0. The fourth-order valence-electron chi connectivity index (χ4n) is 1.31. The highest BCUT2D eigenvalue weighted by Gasteiger charge is 2.33. The number of nitrogens with zero attached hydrogens (tertiary/aromatic N) is 1. The SMILES string of the molecule is CC(=O)C1CNCCN1S(=O)(=O)O. The van der Waals surface area contributed by atoms with Crippen LogP contribution in [0.1, 0.15) is 6.92 Å². The molecule has 1 rings (SSSR count). The van der Waals surface area contributed by atoms with Crippen LogP contribution in [0, 0.1) is 0 Å². The highest BCUT2D eigenvalue weighted by molar-refractivity contribution is 7.83. The van der Waals surface area contributed by atoms with Crippen LogP contribution in [0.25, 0.3) is 0 Å². The first kappa shape index (κ1) is 10.6. The van der Waals surface area contributed by atoms with E-state index in [-0.39, 0.29) is 18.9 Å². The minimum atomic E-state index is -4.25. The number of ketones is 1. The van der Waals surface area contributed by atoms with Gasteiger partial charge in [-0.3, -0.25) is 9.35 Å². The van der Waals surface area contributed by atoms with Crippen molar-refractivity contribution < 1.29 is 17.8 Å². The van der Waals surface area contributed by atoms with E-state index in [1.165, 1.54) is 6.92 Å². The molecule has 1 saturated heterocycles. The summed E-state index contributed by atoms with van der Waals surface area (Å²) in [6.07, 6.45) is 0. The minimum absolute atomic E-state index is 0.128. The van der Waals surface area contributed by atoms with Crippen LogP contribution in [0.5, 0.6) is 0 Å². The molecule has 2 N–H and O–H groups in total. The van der Waals surface area contributed by atoms with Crippen LogP contribution < -0.4 is 5.32 Å². The third-order valence-corrected chi connectivity index (χ3v) is 2.99. The van der Waals surface area contributed by atoms with E-state index in [4.69, 9.17) is 4.55 Å². The Bertz CT molecular complexity index is 300. The Morgan fingerprint density at radius 2 is 2.23 bits per heavy atom. The predicted octanol–water partition coefficient (Wildman–Crippen LogP) is -1.35. The van der Waals surface area contributed by atoms with Gasteiger partial charge in [0.15, 0.2) is 0 Å². The molecule has 0 aromatic carbocycles. The topological polar surface area (TPSA) is 86.7 Å². The molecular formula is C6H12N2O4S. The van der Waals surface area contributed by atoms with Gasteiger partial charge in [0.1, 0.15) is 5.78 Å². The Balaban J connectivity index is 2.86. The maximum Gasteiger partial charge on any atom is 0.336 e. The van der Waals surface area contributed by atoms with E-state index in [1.54, 1.807) is 0 Å². The molecule has 0 saturated carbocycles. The first-order valence-corrected chi connectivity index (χ1v) is 5.28. The molecule has 0 aliphatic carbocycles. The third-order valence-electron chi connectivity index (χ3n) is 1.96. The van der Waals surface area contributed by atoms with E-state index in [1.807, 2.05) is 0 Å². The van der Waals surface area contributed by atoms with E-state index >= 15 is 0 Å². The molecular weight excluding hydrogens is 196 g/mol. The quantitative estimate of drug-likeness (QED) is 0.548. The summed E-state index contributed by atoms with van der Waals surface area (Å²) in [5.74, 6) is -0.273.